The summed E-state index contributed by atoms with van der Waals surface area (Å²) in [6.45, 7) is 4.29. The van der Waals surface area contributed by atoms with E-state index in [1.165, 1.54) is 6.42 Å². The summed E-state index contributed by atoms with van der Waals surface area (Å²) in [4.78, 5) is 0. The predicted molar refractivity (Wildman–Crippen MR) is 32.8 cm³/mol. The number of nitrogens with two attached hydrogens (primary N) is 1. The van der Waals surface area contributed by atoms with Crippen LogP contribution in [0.1, 0.15) is 20.3 Å². The van der Waals surface area contributed by atoms with Crippen LogP contribution in [0.4, 0.5) is 0 Å². The van der Waals surface area contributed by atoms with Crippen molar-refractivity contribution in [1.82, 2.24) is 0 Å². The standard InChI is InChI=1S/C6H13N/c1-3-6(2)4-5-7/h4-6H,3,7H2,1-2H3/b5-4+. The van der Waals surface area contributed by atoms with E-state index in [1.807, 2.05) is 6.08 Å². The fourth-order valence-electron chi connectivity index (χ4n) is 0.326. The maximum atomic E-state index is 5.12. The summed E-state index contributed by atoms with van der Waals surface area (Å²) >= 11 is 0. The van der Waals surface area contributed by atoms with Gasteiger partial charge >= 0.3 is 0 Å². The van der Waals surface area contributed by atoms with E-state index in [2.05, 4.69) is 13.8 Å². The van der Waals surface area contributed by atoms with Gasteiger partial charge in [-0.1, -0.05) is 26.3 Å². The van der Waals surface area contributed by atoms with Crippen molar-refractivity contribution >= 4 is 0 Å². The van der Waals surface area contributed by atoms with Crippen LogP contribution in [0.25, 0.3) is 0 Å². The molecule has 7 heavy (non-hydrogen) atoms. The minimum absolute atomic E-state index is 0.644. The molecule has 0 aliphatic carbocycles. The van der Waals surface area contributed by atoms with E-state index >= 15 is 0 Å². The van der Waals surface area contributed by atoms with Gasteiger partial charge in [-0.15, -0.1) is 0 Å². The average molecular weight is 99.2 g/mol. The van der Waals surface area contributed by atoms with Gasteiger partial charge in [-0.25, -0.2) is 0 Å². The van der Waals surface area contributed by atoms with Crippen molar-refractivity contribution in [2.75, 3.05) is 0 Å². The van der Waals surface area contributed by atoms with Gasteiger partial charge in [0.15, 0.2) is 0 Å². The van der Waals surface area contributed by atoms with Gasteiger partial charge in [-0.3, -0.25) is 0 Å². The molecule has 0 heterocycles. The van der Waals surface area contributed by atoms with Gasteiger partial charge in [-0.2, -0.15) is 0 Å². The first-order chi connectivity index (χ1) is 3.31. The Labute approximate surface area is 45.2 Å². The van der Waals surface area contributed by atoms with Crippen LogP contribution in [-0.4, -0.2) is 0 Å². The van der Waals surface area contributed by atoms with Crippen molar-refractivity contribution in [1.29, 1.82) is 0 Å². The summed E-state index contributed by atoms with van der Waals surface area (Å²) in [5, 5.41) is 0. The van der Waals surface area contributed by atoms with Crippen LogP contribution in [0, 0.1) is 5.92 Å². The topological polar surface area (TPSA) is 26.0 Å². The normalized spacial score (nSPS) is 15.1. The van der Waals surface area contributed by atoms with Crippen molar-refractivity contribution in [2.45, 2.75) is 20.3 Å². The van der Waals surface area contributed by atoms with Crippen molar-refractivity contribution < 1.29 is 0 Å². The molecule has 1 nitrogen and oxygen atoms in total. The Kier molecular flexibility index (Phi) is 3.48. The van der Waals surface area contributed by atoms with E-state index < -0.39 is 0 Å². The molecule has 0 aliphatic rings. The molecule has 1 unspecified atom stereocenters. The van der Waals surface area contributed by atoms with Crippen LogP contribution < -0.4 is 5.73 Å². The molecule has 0 saturated heterocycles. The SMILES string of the molecule is CCC(C)/C=C/N. The Morgan fingerprint density at radius 3 is 2.43 bits per heavy atom. The summed E-state index contributed by atoms with van der Waals surface area (Å²) in [6, 6.07) is 0. The quantitative estimate of drug-likeness (QED) is 0.558. The molecule has 0 amide bonds. The fourth-order valence-corrected chi connectivity index (χ4v) is 0.326. The first-order valence-electron chi connectivity index (χ1n) is 2.69. The van der Waals surface area contributed by atoms with Crippen molar-refractivity contribution in [2.24, 2.45) is 11.7 Å². The minimum atomic E-state index is 0.644. The van der Waals surface area contributed by atoms with E-state index in [9.17, 15) is 0 Å². The Bertz CT molecular complexity index is 57.2. The fraction of sp³-hybridized carbons (Fsp3) is 0.667. The summed E-state index contributed by atoms with van der Waals surface area (Å²) in [5.74, 6) is 0.644. The third kappa shape index (κ3) is 3.37. The van der Waals surface area contributed by atoms with Gasteiger partial charge in [-0.05, 0) is 12.1 Å². The zero-order valence-electron chi connectivity index (χ0n) is 5.02. The Balaban J connectivity index is 3.16. The molecule has 0 saturated carbocycles. The van der Waals surface area contributed by atoms with Crippen LogP contribution in [0.15, 0.2) is 12.3 Å². The van der Waals surface area contributed by atoms with Gasteiger partial charge in [0.05, 0.1) is 0 Å². The lowest BCUT2D eigenvalue weighted by Gasteiger charge is -1.95. The molecule has 0 spiro atoms. The molecule has 42 valence electrons. The Morgan fingerprint density at radius 1 is 1.71 bits per heavy atom. The molecular weight excluding hydrogens is 86.1 g/mol. The van der Waals surface area contributed by atoms with E-state index in [4.69, 9.17) is 5.73 Å². The van der Waals surface area contributed by atoms with Gasteiger partial charge in [0.2, 0.25) is 0 Å². The van der Waals surface area contributed by atoms with Gasteiger partial charge in [0.25, 0.3) is 0 Å². The molecule has 0 fully saturated rings. The van der Waals surface area contributed by atoms with Crippen LogP contribution in [0.2, 0.25) is 0 Å². The Morgan fingerprint density at radius 2 is 2.29 bits per heavy atom. The molecule has 2 N–H and O–H groups in total. The van der Waals surface area contributed by atoms with Crippen LogP contribution >= 0.6 is 0 Å². The molecule has 1 heteroatoms. The first kappa shape index (κ1) is 6.54. The third-order valence-electron chi connectivity index (χ3n) is 1.08. The minimum Gasteiger partial charge on any atom is -0.405 e. The van der Waals surface area contributed by atoms with Crippen LogP contribution in [0.5, 0.6) is 0 Å². The number of hydrogen-bond donors (Lipinski definition) is 1. The molecule has 0 aliphatic heterocycles. The van der Waals surface area contributed by atoms with E-state index in [1.54, 1.807) is 6.20 Å². The number of hydrogen-bond acceptors (Lipinski definition) is 1. The highest BCUT2D eigenvalue weighted by Crippen LogP contribution is 1.99. The molecular formula is C6H13N. The highest BCUT2D eigenvalue weighted by molar-refractivity contribution is 4.80. The number of allylic oxidation sites excluding steroid dienone is 1. The van der Waals surface area contributed by atoms with Gasteiger partial charge in [0, 0.05) is 0 Å². The molecule has 0 bridgehead atoms. The zero-order valence-corrected chi connectivity index (χ0v) is 5.02. The zero-order chi connectivity index (χ0) is 5.70. The highest BCUT2D eigenvalue weighted by Gasteiger charge is 1.86. The molecule has 0 aromatic rings. The van der Waals surface area contributed by atoms with Crippen molar-refractivity contribution in [3.05, 3.63) is 12.3 Å². The summed E-state index contributed by atoms with van der Waals surface area (Å²) < 4.78 is 0. The average Bonchev–Trinajstić information content (AvgIpc) is 1.68. The van der Waals surface area contributed by atoms with E-state index in [0.717, 1.165) is 0 Å². The Hall–Kier alpha value is -0.460. The van der Waals surface area contributed by atoms with Crippen LogP contribution in [0.3, 0.4) is 0 Å². The summed E-state index contributed by atoms with van der Waals surface area (Å²) in [7, 11) is 0. The van der Waals surface area contributed by atoms with Gasteiger partial charge < -0.3 is 5.73 Å². The second kappa shape index (κ2) is 3.72. The maximum Gasteiger partial charge on any atom is -0.0100 e. The van der Waals surface area contributed by atoms with Crippen LogP contribution in [-0.2, 0) is 0 Å². The maximum absolute atomic E-state index is 5.12. The lowest BCUT2D eigenvalue weighted by atomic mass is 10.1. The second-order valence-electron chi connectivity index (χ2n) is 1.77. The smallest absolute Gasteiger partial charge is 0.0100 e. The van der Waals surface area contributed by atoms with Gasteiger partial charge in [0.1, 0.15) is 0 Å². The lowest BCUT2D eigenvalue weighted by Crippen LogP contribution is -1.86. The first-order valence-corrected chi connectivity index (χ1v) is 2.69. The van der Waals surface area contributed by atoms with Crippen molar-refractivity contribution in [3.8, 4) is 0 Å². The molecule has 0 aromatic carbocycles. The third-order valence-corrected chi connectivity index (χ3v) is 1.08. The number of rotatable bonds is 2. The molecule has 0 radical (unpaired) electrons. The second-order valence-corrected chi connectivity index (χ2v) is 1.77. The van der Waals surface area contributed by atoms with Crippen molar-refractivity contribution in [3.63, 3.8) is 0 Å². The largest absolute Gasteiger partial charge is 0.405 e. The lowest BCUT2D eigenvalue weighted by molar-refractivity contribution is 0.697. The molecule has 0 aromatic heterocycles. The monoisotopic (exact) mass is 99.1 g/mol. The predicted octanol–water partition coefficient (Wildman–Crippen LogP) is 1.50. The summed E-state index contributed by atoms with van der Waals surface area (Å²) in [5.41, 5.74) is 5.12. The summed E-state index contributed by atoms with van der Waals surface area (Å²) in [6.07, 6.45) is 4.78. The highest BCUT2D eigenvalue weighted by atomic mass is 14.5. The van der Waals surface area contributed by atoms with E-state index in [-0.39, 0.29) is 0 Å². The molecule has 0 rings (SSSR count). The van der Waals surface area contributed by atoms with E-state index in [0.29, 0.717) is 5.92 Å². The molecule has 1 atom stereocenters.